The average molecular weight is 392 g/mol. The number of aromatic amines is 1. The van der Waals surface area contributed by atoms with Gasteiger partial charge in [-0.1, -0.05) is 11.8 Å². The predicted molar refractivity (Wildman–Crippen MR) is 104 cm³/mol. The minimum atomic E-state index is -0.537. The molecule has 142 valence electrons. The number of methoxy groups -OCH3 is 1. The lowest BCUT2D eigenvalue weighted by molar-refractivity contribution is -0.110. The number of hydrogen-bond acceptors (Lipinski definition) is 4. The molecule has 2 heterocycles. The molecule has 0 spiro atoms. The van der Waals surface area contributed by atoms with Crippen LogP contribution in [0.4, 0.5) is 10.1 Å². The Balaban J connectivity index is 0.00000261. The fraction of sp³-hybridized carbons (Fsp3) is 0.211. The Morgan fingerprint density at radius 1 is 1.41 bits per heavy atom. The maximum absolute atomic E-state index is 14.4. The summed E-state index contributed by atoms with van der Waals surface area (Å²) >= 11 is 0. The number of likely N-dealkylation sites (N-methyl/N-ethyl adjacent to an activating group) is 1. The van der Waals surface area contributed by atoms with Crippen LogP contribution < -0.4 is 15.4 Å². The highest BCUT2D eigenvalue weighted by molar-refractivity contribution is 6.35. The minimum Gasteiger partial charge on any atom is -0.495 e. The predicted octanol–water partition coefficient (Wildman–Crippen LogP) is 2.01. The molecule has 3 rings (SSSR count). The van der Waals surface area contributed by atoms with E-state index in [0.29, 0.717) is 22.7 Å². The van der Waals surface area contributed by atoms with Crippen LogP contribution in [0.2, 0.25) is 0 Å². The van der Waals surface area contributed by atoms with E-state index in [1.165, 1.54) is 19.2 Å². The molecule has 2 aromatic rings. The molecular weight excluding hydrogens is 373 g/mol. The second kappa shape index (κ2) is 8.73. The Bertz CT molecular complexity index is 939. The van der Waals surface area contributed by atoms with E-state index in [1.54, 1.807) is 25.4 Å². The number of carbonyl (C=O) groups is 1. The van der Waals surface area contributed by atoms with E-state index in [4.69, 9.17) is 4.74 Å². The van der Waals surface area contributed by atoms with Gasteiger partial charge in [-0.2, -0.15) is 0 Å². The first-order valence-corrected chi connectivity index (χ1v) is 7.96. The summed E-state index contributed by atoms with van der Waals surface area (Å²) in [5, 5.41) is 14.8. The van der Waals surface area contributed by atoms with Crippen molar-refractivity contribution in [2.75, 3.05) is 26.1 Å². The van der Waals surface area contributed by atoms with E-state index in [9.17, 15) is 14.3 Å². The summed E-state index contributed by atoms with van der Waals surface area (Å²) in [6.45, 7) is -0.209. The Kier molecular flexibility index (Phi) is 6.64. The summed E-state index contributed by atoms with van der Waals surface area (Å²) in [4.78, 5) is 15.4. The third kappa shape index (κ3) is 3.98. The molecule has 1 atom stereocenters. The first kappa shape index (κ1) is 20.5. The second-order valence-corrected chi connectivity index (χ2v) is 5.61. The first-order chi connectivity index (χ1) is 12.6. The van der Waals surface area contributed by atoms with E-state index in [-0.39, 0.29) is 36.1 Å². The van der Waals surface area contributed by atoms with Crippen LogP contribution in [0, 0.1) is 17.7 Å². The summed E-state index contributed by atoms with van der Waals surface area (Å²) < 4.78 is 19.7. The zero-order valence-corrected chi connectivity index (χ0v) is 15.5. The number of rotatable bonds is 4. The fourth-order valence-electron chi connectivity index (χ4n) is 2.70. The lowest BCUT2D eigenvalue weighted by atomic mass is 9.99. The molecule has 1 amide bonds. The topological polar surface area (TPSA) is 86.4 Å². The molecule has 0 unspecified atom stereocenters. The Hall–Kier alpha value is -2.79. The number of amides is 1. The van der Waals surface area contributed by atoms with Crippen LogP contribution in [0.15, 0.2) is 24.4 Å². The number of halogens is 2. The molecule has 8 heteroatoms. The molecule has 0 saturated heterocycles. The van der Waals surface area contributed by atoms with Gasteiger partial charge in [-0.25, -0.2) is 4.39 Å². The molecular formula is C19H19ClFN3O3. The number of aliphatic hydroxyl groups is 1. The summed E-state index contributed by atoms with van der Waals surface area (Å²) in [6.07, 6.45) is 3.29. The van der Waals surface area contributed by atoms with E-state index in [1.807, 2.05) is 0 Å². The molecule has 1 aliphatic rings. The number of aliphatic hydroxyl groups excluding tert-OH is 1. The number of nitrogens with one attached hydrogen (secondary N) is 3. The van der Waals surface area contributed by atoms with Crippen LogP contribution in [0.5, 0.6) is 5.75 Å². The molecule has 4 N–H and O–H groups in total. The summed E-state index contributed by atoms with van der Waals surface area (Å²) in [5.74, 6) is 5.21. The zero-order chi connectivity index (χ0) is 18.7. The van der Waals surface area contributed by atoms with Crippen LogP contribution >= 0.6 is 12.4 Å². The van der Waals surface area contributed by atoms with Crippen molar-refractivity contribution < 1.29 is 19.0 Å². The molecule has 0 aliphatic carbocycles. The Morgan fingerprint density at radius 2 is 2.19 bits per heavy atom. The molecule has 1 aromatic carbocycles. The monoisotopic (exact) mass is 391 g/mol. The van der Waals surface area contributed by atoms with Crippen LogP contribution in [-0.2, 0) is 4.79 Å². The maximum atomic E-state index is 14.4. The number of aromatic nitrogens is 1. The Labute approximate surface area is 162 Å². The highest BCUT2D eigenvalue weighted by atomic mass is 35.5. The lowest BCUT2D eigenvalue weighted by Gasteiger charge is -2.06. The van der Waals surface area contributed by atoms with Crippen LogP contribution in [-0.4, -0.2) is 42.8 Å². The van der Waals surface area contributed by atoms with Crippen molar-refractivity contribution in [2.24, 2.45) is 0 Å². The van der Waals surface area contributed by atoms with Gasteiger partial charge in [0.05, 0.1) is 42.3 Å². The first-order valence-electron chi connectivity index (χ1n) is 7.96. The second-order valence-electron chi connectivity index (χ2n) is 5.61. The highest BCUT2D eigenvalue weighted by Crippen LogP contribution is 2.37. The van der Waals surface area contributed by atoms with Gasteiger partial charge in [0.1, 0.15) is 11.6 Å². The highest BCUT2D eigenvalue weighted by Gasteiger charge is 2.29. The maximum Gasteiger partial charge on any atom is 0.256 e. The number of carbonyl (C=O) groups excluding carboxylic acids is 1. The van der Waals surface area contributed by atoms with Gasteiger partial charge >= 0.3 is 0 Å². The van der Waals surface area contributed by atoms with Gasteiger partial charge in [0, 0.05) is 11.8 Å². The summed E-state index contributed by atoms with van der Waals surface area (Å²) in [7, 11) is 3.17. The van der Waals surface area contributed by atoms with Gasteiger partial charge in [0.25, 0.3) is 5.91 Å². The molecule has 0 fully saturated rings. The van der Waals surface area contributed by atoms with Crippen molar-refractivity contribution in [3.05, 3.63) is 47.0 Å². The number of fused-ring (bicyclic) bond motifs is 1. The van der Waals surface area contributed by atoms with E-state index in [2.05, 4.69) is 27.5 Å². The van der Waals surface area contributed by atoms with Crippen molar-refractivity contribution in [1.29, 1.82) is 0 Å². The summed E-state index contributed by atoms with van der Waals surface area (Å²) in [5.41, 5.74) is 1.87. The van der Waals surface area contributed by atoms with Gasteiger partial charge in [-0.05, 0) is 31.3 Å². The Morgan fingerprint density at radius 3 is 2.85 bits per heavy atom. The van der Waals surface area contributed by atoms with Gasteiger partial charge in [-0.3, -0.25) is 4.79 Å². The quantitative estimate of drug-likeness (QED) is 0.474. The molecule has 0 radical (unpaired) electrons. The molecule has 27 heavy (non-hydrogen) atoms. The third-order valence-electron chi connectivity index (χ3n) is 4.07. The smallest absolute Gasteiger partial charge is 0.256 e. The van der Waals surface area contributed by atoms with Crippen molar-refractivity contribution >= 4 is 35.7 Å². The van der Waals surface area contributed by atoms with E-state index < -0.39 is 11.9 Å². The number of anilines is 1. The summed E-state index contributed by atoms with van der Waals surface area (Å²) in [6, 6.07) is 3.99. The largest absolute Gasteiger partial charge is 0.495 e. The van der Waals surface area contributed by atoms with Gasteiger partial charge in [-0.15, -0.1) is 12.4 Å². The van der Waals surface area contributed by atoms with Gasteiger partial charge in [0.15, 0.2) is 0 Å². The van der Waals surface area contributed by atoms with Crippen LogP contribution in [0.1, 0.15) is 16.8 Å². The van der Waals surface area contributed by atoms with E-state index in [0.717, 1.165) is 0 Å². The van der Waals surface area contributed by atoms with Crippen LogP contribution in [0.3, 0.4) is 0 Å². The molecule has 0 saturated carbocycles. The SMILES string of the molecule is CN[C@H](C#Cc1c(F)ccc2c1/C(=C/c1[nH]ccc1OC)C(=O)N2)CO.Cl. The van der Waals surface area contributed by atoms with Crippen molar-refractivity contribution in [3.8, 4) is 17.6 Å². The number of benzene rings is 1. The molecule has 6 nitrogen and oxygen atoms in total. The molecule has 1 aromatic heterocycles. The molecule has 1 aliphatic heterocycles. The van der Waals surface area contributed by atoms with Gasteiger partial charge in [0.2, 0.25) is 0 Å². The third-order valence-corrected chi connectivity index (χ3v) is 4.07. The number of ether oxygens (including phenoxy) is 1. The number of hydrogen-bond donors (Lipinski definition) is 4. The van der Waals surface area contributed by atoms with Crippen molar-refractivity contribution in [3.63, 3.8) is 0 Å². The standard InChI is InChI=1S/C19H18FN3O3.ClH/c1-21-11(10-24)3-4-12-14(20)5-6-15-18(12)13(19(25)23-15)9-16-17(26-2)7-8-22-16;/h5-9,11,21-22,24H,10H2,1-2H3,(H,23,25);1H/b13-9-;/t11-;/m1./s1. The van der Waals surface area contributed by atoms with Crippen LogP contribution in [0.25, 0.3) is 11.6 Å². The van der Waals surface area contributed by atoms with E-state index >= 15 is 0 Å². The zero-order valence-electron chi connectivity index (χ0n) is 14.7. The normalized spacial score (nSPS) is 14.7. The minimum absolute atomic E-state index is 0. The lowest BCUT2D eigenvalue weighted by Crippen LogP contribution is -2.27. The van der Waals surface area contributed by atoms with Crippen molar-refractivity contribution in [2.45, 2.75) is 6.04 Å². The van der Waals surface area contributed by atoms with Crippen molar-refractivity contribution in [1.82, 2.24) is 10.3 Å². The average Bonchev–Trinajstić information content (AvgIpc) is 3.22. The number of H-pyrrole nitrogens is 1. The van der Waals surface area contributed by atoms with Gasteiger partial charge < -0.3 is 25.5 Å². The fourth-order valence-corrected chi connectivity index (χ4v) is 2.70. The molecule has 0 bridgehead atoms.